The molecular formula is C39H37ClFN3O7. The van der Waals surface area contributed by atoms with Gasteiger partial charge in [-0.1, -0.05) is 60.0 Å². The summed E-state index contributed by atoms with van der Waals surface area (Å²) in [4.78, 5) is 70.0. The lowest BCUT2D eigenvalue weighted by Crippen LogP contribution is -2.53. The van der Waals surface area contributed by atoms with Crippen LogP contribution in [0.5, 0.6) is 5.75 Å². The maximum absolute atomic E-state index is 15.2. The molecule has 12 heteroatoms. The van der Waals surface area contributed by atoms with Gasteiger partial charge in [-0.05, 0) is 86.1 Å². The summed E-state index contributed by atoms with van der Waals surface area (Å²) in [6.45, 7) is 1.91. The van der Waals surface area contributed by atoms with Crippen molar-refractivity contribution in [1.29, 1.82) is 0 Å². The van der Waals surface area contributed by atoms with Crippen LogP contribution in [-0.4, -0.2) is 56.3 Å². The predicted molar refractivity (Wildman–Crippen MR) is 185 cm³/mol. The summed E-state index contributed by atoms with van der Waals surface area (Å²) in [7, 11) is 0. The number of carboxylic acid groups (broad SMARTS) is 1. The number of amides is 4. The third-order valence-electron chi connectivity index (χ3n) is 11.2. The molecule has 10 nitrogen and oxygen atoms in total. The van der Waals surface area contributed by atoms with E-state index < -0.39 is 58.6 Å². The van der Waals surface area contributed by atoms with Crippen LogP contribution < -0.4 is 5.43 Å². The van der Waals surface area contributed by atoms with E-state index in [-0.39, 0.29) is 43.4 Å². The Bertz CT molecular complexity index is 1970. The smallest absolute Gasteiger partial charge is 0.303 e. The summed E-state index contributed by atoms with van der Waals surface area (Å²) in [5.41, 5.74) is 3.82. The third kappa shape index (κ3) is 5.58. The fourth-order valence-electron chi connectivity index (χ4n) is 8.92. The van der Waals surface area contributed by atoms with Crippen molar-refractivity contribution < 1.29 is 38.6 Å². The Morgan fingerprint density at radius 2 is 1.67 bits per heavy atom. The number of carbonyl (C=O) groups is 5. The van der Waals surface area contributed by atoms with Crippen molar-refractivity contribution in [3.63, 3.8) is 0 Å². The zero-order valence-corrected chi connectivity index (χ0v) is 28.6. The molecule has 3 aromatic rings. The number of rotatable bonds is 10. The summed E-state index contributed by atoms with van der Waals surface area (Å²) in [6.07, 6.45) is 3.68. The number of anilines is 1. The van der Waals surface area contributed by atoms with Gasteiger partial charge in [0.05, 0.1) is 28.9 Å². The zero-order chi connectivity index (χ0) is 36.2. The fraction of sp³-hybridized carbons (Fsp3) is 0.359. The van der Waals surface area contributed by atoms with Crippen molar-refractivity contribution >= 4 is 46.9 Å². The van der Waals surface area contributed by atoms with E-state index >= 15 is 4.79 Å². The molecule has 2 aliphatic heterocycles. The molecule has 0 radical (unpaired) electrons. The lowest BCUT2D eigenvalue weighted by atomic mass is 9.49. The van der Waals surface area contributed by atoms with Gasteiger partial charge in [0, 0.05) is 29.5 Å². The Balaban J connectivity index is 1.35. The number of hydrogen-bond donors (Lipinski definition) is 3. The maximum atomic E-state index is 15.2. The number of phenolic OH excluding ortho intramolecular Hbond substituents is 1. The number of aliphatic carboxylic acids is 1. The number of halogens is 2. The number of benzene rings is 3. The fourth-order valence-corrected chi connectivity index (χ4v) is 9.05. The average Bonchev–Trinajstić information content (AvgIpc) is 3.47. The van der Waals surface area contributed by atoms with E-state index in [9.17, 15) is 28.7 Å². The van der Waals surface area contributed by atoms with E-state index in [0.717, 1.165) is 5.01 Å². The monoisotopic (exact) mass is 713 g/mol. The highest BCUT2D eigenvalue weighted by molar-refractivity contribution is 6.30. The van der Waals surface area contributed by atoms with Crippen molar-refractivity contribution in [2.24, 2.45) is 23.7 Å². The van der Waals surface area contributed by atoms with Crippen LogP contribution >= 0.6 is 11.6 Å². The van der Waals surface area contributed by atoms with E-state index in [4.69, 9.17) is 16.7 Å². The number of hydrazine groups is 1. The van der Waals surface area contributed by atoms with Gasteiger partial charge in [-0.3, -0.25) is 34.3 Å². The molecule has 1 saturated carbocycles. The van der Waals surface area contributed by atoms with Crippen molar-refractivity contribution in [3.05, 3.63) is 106 Å². The molecule has 7 rings (SSSR count). The van der Waals surface area contributed by atoms with E-state index in [0.29, 0.717) is 52.2 Å². The average molecular weight is 714 g/mol. The second-order valence-corrected chi connectivity index (χ2v) is 14.4. The molecule has 6 unspecified atom stereocenters. The highest BCUT2D eigenvalue weighted by Gasteiger charge is 2.70. The maximum Gasteiger partial charge on any atom is 0.303 e. The Labute approximate surface area is 298 Å². The summed E-state index contributed by atoms with van der Waals surface area (Å²) in [6, 6.07) is 17.2. The molecule has 3 fully saturated rings. The standard InChI is InChI=1S/C39H37ClFN3O7/c1-21-6-5-7-28(34(21)47)33-26-17-18-27-32(37(50)43(35(27)48)19-4-2-3-8-31(45)46)29(26)20-30-36(49)44(42-25-15-13-24(41)14-16-25)38(51)39(30,33)22-9-11-23(40)12-10-22/h5-7,9-17,27,29-30,32-33,42,47H,2-4,8,18-20H2,1H3,(H,45,46). The van der Waals surface area contributed by atoms with Gasteiger partial charge in [0.1, 0.15) is 11.6 Å². The molecule has 4 amide bonds. The van der Waals surface area contributed by atoms with Crippen LogP contribution in [0.1, 0.15) is 61.1 Å². The molecule has 3 aromatic carbocycles. The largest absolute Gasteiger partial charge is 0.507 e. The summed E-state index contributed by atoms with van der Waals surface area (Å²) >= 11 is 6.33. The van der Waals surface area contributed by atoms with Gasteiger partial charge in [0.15, 0.2) is 0 Å². The van der Waals surface area contributed by atoms with Gasteiger partial charge in [0.25, 0.3) is 11.8 Å². The lowest BCUT2D eigenvalue weighted by molar-refractivity contribution is -0.141. The van der Waals surface area contributed by atoms with Gasteiger partial charge in [-0.15, -0.1) is 0 Å². The Morgan fingerprint density at radius 1 is 0.941 bits per heavy atom. The first-order valence-electron chi connectivity index (χ1n) is 17.2. The molecule has 3 N–H and O–H groups in total. The number of unbranched alkanes of at least 4 members (excludes halogenated alkanes) is 2. The number of hydrogen-bond acceptors (Lipinski definition) is 7. The minimum Gasteiger partial charge on any atom is -0.507 e. The predicted octanol–water partition coefficient (Wildman–Crippen LogP) is 6.12. The van der Waals surface area contributed by atoms with E-state index in [1.807, 2.05) is 6.08 Å². The molecule has 0 bridgehead atoms. The Morgan fingerprint density at radius 3 is 2.37 bits per heavy atom. The Kier molecular flexibility index (Phi) is 8.95. The number of aryl methyl sites for hydroxylation is 1. The first kappa shape index (κ1) is 34.4. The number of phenols is 1. The van der Waals surface area contributed by atoms with E-state index in [1.54, 1.807) is 49.4 Å². The zero-order valence-electron chi connectivity index (χ0n) is 27.9. The van der Waals surface area contributed by atoms with Crippen LogP contribution in [0.3, 0.4) is 0 Å². The Hall–Kier alpha value is -5.03. The summed E-state index contributed by atoms with van der Waals surface area (Å²) in [5, 5.41) is 22.0. The number of allylic oxidation sites excluding steroid dienone is 2. The second kappa shape index (κ2) is 13.3. The molecule has 4 aliphatic rings. The van der Waals surface area contributed by atoms with Gasteiger partial charge in [-0.2, -0.15) is 5.01 Å². The van der Waals surface area contributed by atoms with Crippen LogP contribution in [-0.2, 0) is 29.4 Å². The first-order chi connectivity index (χ1) is 24.4. The quantitative estimate of drug-likeness (QED) is 0.130. The highest BCUT2D eigenvalue weighted by atomic mass is 35.5. The van der Waals surface area contributed by atoms with Crippen molar-refractivity contribution in [3.8, 4) is 5.75 Å². The van der Waals surface area contributed by atoms with Crippen LogP contribution in [0.15, 0.2) is 78.4 Å². The summed E-state index contributed by atoms with van der Waals surface area (Å²) < 4.78 is 13.8. The third-order valence-corrected chi connectivity index (χ3v) is 11.5. The minimum atomic E-state index is -1.59. The highest BCUT2D eigenvalue weighted by Crippen LogP contribution is 2.65. The van der Waals surface area contributed by atoms with Gasteiger partial charge in [-0.25, -0.2) is 4.39 Å². The number of fused-ring (bicyclic) bond motifs is 4. The first-order valence-corrected chi connectivity index (χ1v) is 17.5. The topological polar surface area (TPSA) is 144 Å². The molecular weight excluding hydrogens is 677 g/mol. The lowest BCUT2D eigenvalue weighted by Gasteiger charge is -2.50. The number of aromatic hydroxyl groups is 1. The molecule has 51 heavy (non-hydrogen) atoms. The SMILES string of the molecule is Cc1cccc(C2C3=CCC4C(=O)N(CCCCCC(=O)O)C(=O)C4C3CC3C(=O)N(Nc4ccc(F)cc4)C(=O)C32c2ccc(Cl)cc2)c1O. The van der Waals surface area contributed by atoms with Crippen LogP contribution in [0.25, 0.3) is 0 Å². The second-order valence-electron chi connectivity index (χ2n) is 13.9. The van der Waals surface area contributed by atoms with E-state index in [2.05, 4.69) is 5.43 Å². The van der Waals surface area contributed by atoms with Gasteiger partial charge in [0.2, 0.25) is 11.8 Å². The number of nitrogens with one attached hydrogen (secondary N) is 1. The van der Waals surface area contributed by atoms with Crippen LogP contribution in [0.4, 0.5) is 10.1 Å². The molecule has 2 saturated heterocycles. The minimum absolute atomic E-state index is 0.00618. The van der Waals surface area contributed by atoms with Crippen molar-refractivity contribution in [2.75, 3.05) is 12.0 Å². The number of nitrogens with zero attached hydrogens (tertiary/aromatic N) is 2. The molecule has 0 aromatic heterocycles. The summed E-state index contributed by atoms with van der Waals surface area (Å²) in [5.74, 6) is -7.17. The van der Waals surface area contributed by atoms with E-state index in [1.165, 1.54) is 29.2 Å². The molecule has 0 spiro atoms. The normalized spacial score (nSPS) is 26.9. The van der Waals surface area contributed by atoms with Gasteiger partial charge >= 0.3 is 5.97 Å². The number of carbonyl (C=O) groups excluding carboxylic acids is 4. The molecule has 2 heterocycles. The number of imide groups is 2. The number of carboxylic acids is 1. The van der Waals surface area contributed by atoms with Gasteiger partial charge < -0.3 is 10.2 Å². The van der Waals surface area contributed by atoms with Crippen molar-refractivity contribution in [2.45, 2.75) is 56.8 Å². The molecule has 264 valence electrons. The number of para-hydroxylation sites is 1. The van der Waals surface area contributed by atoms with Crippen LogP contribution in [0.2, 0.25) is 5.02 Å². The molecule has 2 aliphatic carbocycles. The van der Waals surface area contributed by atoms with Crippen molar-refractivity contribution in [1.82, 2.24) is 9.91 Å². The molecule has 6 atom stereocenters. The number of likely N-dealkylation sites (tertiary alicyclic amines) is 1. The van der Waals surface area contributed by atoms with Crippen LogP contribution in [0, 0.1) is 36.4 Å².